The molecule has 26 heavy (non-hydrogen) atoms. The van der Waals surface area contributed by atoms with Crippen LogP contribution in [0.1, 0.15) is 46.8 Å². The highest BCUT2D eigenvalue weighted by Gasteiger charge is 2.13. The number of aryl methyl sites for hydroxylation is 2. The fraction of sp³-hybridized carbons (Fsp3) is 0.300. The SMILES string of the molecule is Cc1ccc(C(=O)NNC(=O)COc2cc(C)c(Br)cc2C(C)C)cc1. The molecule has 0 aliphatic rings. The highest BCUT2D eigenvalue weighted by Crippen LogP contribution is 2.32. The third-order valence-corrected chi connectivity index (χ3v) is 4.76. The molecule has 0 heterocycles. The Labute approximate surface area is 162 Å². The smallest absolute Gasteiger partial charge is 0.276 e. The number of carbonyl (C=O) groups is 2. The first-order valence-corrected chi connectivity index (χ1v) is 9.16. The summed E-state index contributed by atoms with van der Waals surface area (Å²) in [6, 6.07) is 11.0. The van der Waals surface area contributed by atoms with Gasteiger partial charge in [-0.25, -0.2) is 0 Å². The number of halogens is 1. The molecule has 2 aromatic rings. The number of hydrogen-bond donors (Lipinski definition) is 2. The van der Waals surface area contributed by atoms with E-state index in [-0.39, 0.29) is 18.4 Å². The Bertz CT molecular complexity index is 801. The lowest BCUT2D eigenvalue weighted by molar-refractivity contribution is -0.123. The van der Waals surface area contributed by atoms with Crippen LogP contribution < -0.4 is 15.6 Å². The molecular weight excluding hydrogens is 396 g/mol. The Balaban J connectivity index is 1.92. The van der Waals surface area contributed by atoms with Crippen molar-refractivity contribution in [2.75, 3.05) is 6.61 Å². The van der Waals surface area contributed by atoms with Crippen LogP contribution >= 0.6 is 15.9 Å². The van der Waals surface area contributed by atoms with Crippen LogP contribution in [0.4, 0.5) is 0 Å². The van der Waals surface area contributed by atoms with Crippen LogP contribution in [0, 0.1) is 13.8 Å². The average molecular weight is 419 g/mol. The molecule has 0 saturated carbocycles. The van der Waals surface area contributed by atoms with Gasteiger partial charge in [0.2, 0.25) is 0 Å². The van der Waals surface area contributed by atoms with Gasteiger partial charge in [-0.1, -0.05) is 47.5 Å². The predicted octanol–water partition coefficient (Wildman–Crippen LogP) is 4.03. The maximum Gasteiger partial charge on any atom is 0.276 e. The highest BCUT2D eigenvalue weighted by atomic mass is 79.9. The third-order valence-electron chi connectivity index (χ3n) is 3.90. The number of hydrazine groups is 1. The maximum absolute atomic E-state index is 12.0. The summed E-state index contributed by atoms with van der Waals surface area (Å²) in [7, 11) is 0. The van der Waals surface area contributed by atoms with Gasteiger partial charge < -0.3 is 4.74 Å². The summed E-state index contributed by atoms with van der Waals surface area (Å²) in [4.78, 5) is 24.0. The van der Waals surface area contributed by atoms with Crippen molar-refractivity contribution in [3.8, 4) is 5.75 Å². The minimum atomic E-state index is -0.430. The summed E-state index contributed by atoms with van der Waals surface area (Å²) in [5.74, 6) is 0.119. The van der Waals surface area contributed by atoms with Crippen molar-refractivity contribution in [1.82, 2.24) is 10.9 Å². The van der Waals surface area contributed by atoms with Gasteiger partial charge >= 0.3 is 0 Å². The largest absolute Gasteiger partial charge is 0.483 e. The van der Waals surface area contributed by atoms with E-state index in [0.717, 1.165) is 21.2 Å². The lowest BCUT2D eigenvalue weighted by Gasteiger charge is -2.16. The van der Waals surface area contributed by atoms with Gasteiger partial charge in [0, 0.05) is 10.0 Å². The van der Waals surface area contributed by atoms with E-state index in [1.54, 1.807) is 12.1 Å². The third kappa shape index (κ3) is 5.33. The summed E-state index contributed by atoms with van der Waals surface area (Å²) in [6.07, 6.45) is 0. The Hall–Kier alpha value is -2.34. The van der Waals surface area contributed by atoms with Gasteiger partial charge in [0.1, 0.15) is 5.75 Å². The topological polar surface area (TPSA) is 67.4 Å². The van der Waals surface area contributed by atoms with Crippen LogP contribution in [0.2, 0.25) is 0 Å². The van der Waals surface area contributed by atoms with E-state index in [2.05, 4.69) is 40.6 Å². The fourth-order valence-electron chi connectivity index (χ4n) is 2.33. The molecule has 6 heteroatoms. The van der Waals surface area contributed by atoms with Crippen LogP contribution in [-0.4, -0.2) is 18.4 Å². The summed E-state index contributed by atoms with van der Waals surface area (Å²) in [5.41, 5.74) is 8.33. The molecule has 0 bridgehead atoms. The first-order chi connectivity index (χ1) is 12.3. The van der Waals surface area contributed by atoms with Crippen molar-refractivity contribution in [3.05, 3.63) is 63.1 Å². The molecule has 0 saturated heterocycles. The normalized spacial score (nSPS) is 10.5. The monoisotopic (exact) mass is 418 g/mol. The molecule has 5 nitrogen and oxygen atoms in total. The van der Waals surface area contributed by atoms with E-state index in [9.17, 15) is 9.59 Å². The molecule has 0 aliphatic heterocycles. The van der Waals surface area contributed by atoms with E-state index >= 15 is 0 Å². The summed E-state index contributed by atoms with van der Waals surface area (Å²) >= 11 is 3.51. The molecule has 0 unspecified atom stereocenters. The minimum absolute atomic E-state index is 0.186. The summed E-state index contributed by atoms with van der Waals surface area (Å²) in [6.45, 7) is 7.84. The molecular formula is C20H23BrN2O3. The van der Waals surface area contributed by atoms with E-state index < -0.39 is 5.91 Å². The molecule has 2 N–H and O–H groups in total. The van der Waals surface area contributed by atoms with Crippen molar-refractivity contribution < 1.29 is 14.3 Å². The number of hydrogen-bond acceptors (Lipinski definition) is 3. The maximum atomic E-state index is 12.0. The van der Waals surface area contributed by atoms with Crippen LogP contribution in [0.5, 0.6) is 5.75 Å². The second-order valence-electron chi connectivity index (χ2n) is 6.45. The van der Waals surface area contributed by atoms with Gasteiger partial charge in [0.25, 0.3) is 11.8 Å². The molecule has 0 radical (unpaired) electrons. The molecule has 2 amide bonds. The van der Waals surface area contributed by atoms with E-state index in [1.807, 2.05) is 38.1 Å². The van der Waals surface area contributed by atoms with Gasteiger partial charge in [-0.05, 0) is 55.2 Å². The van der Waals surface area contributed by atoms with Gasteiger partial charge in [0.15, 0.2) is 6.61 Å². The zero-order valence-electron chi connectivity index (χ0n) is 15.4. The quantitative estimate of drug-likeness (QED) is 0.720. The molecule has 2 rings (SSSR count). The molecule has 0 spiro atoms. The van der Waals surface area contributed by atoms with E-state index in [4.69, 9.17) is 4.74 Å². The number of carbonyl (C=O) groups excluding carboxylic acids is 2. The zero-order valence-corrected chi connectivity index (χ0v) is 16.9. The zero-order chi connectivity index (χ0) is 19.3. The number of amides is 2. The predicted molar refractivity (Wildman–Crippen MR) is 105 cm³/mol. The average Bonchev–Trinajstić information content (AvgIpc) is 2.60. The van der Waals surface area contributed by atoms with Crippen LogP contribution in [0.15, 0.2) is 40.9 Å². The van der Waals surface area contributed by atoms with Crippen LogP contribution in [0.3, 0.4) is 0 Å². The second kappa shape index (κ2) is 8.85. The molecule has 2 aromatic carbocycles. The summed E-state index contributed by atoms with van der Waals surface area (Å²) < 4.78 is 6.67. The van der Waals surface area contributed by atoms with Gasteiger partial charge in [-0.2, -0.15) is 0 Å². The minimum Gasteiger partial charge on any atom is -0.483 e. The number of rotatable bonds is 5. The fourth-order valence-corrected chi connectivity index (χ4v) is 2.69. The molecule has 138 valence electrons. The first kappa shape index (κ1) is 20.0. The van der Waals surface area contributed by atoms with Crippen LogP contribution in [0.25, 0.3) is 0 Å². The number of benzene rings is 2. The van der Waals surface area contributed by atoms with Crippen molar-refractivity contribution in [2.24, 2.45) is 0 Å². The Morgan fingerprint density at radius 1 is 1.08 bits per heavy atom. The lowest BCUT2D eigenvalue weighted by atomic mass is 10.0. The molecule has 0 aromatic heterocycles. The highest BCUT2D eigenvalue weighted by molar-refractivity contribution is 9.10. The molecule has 0 fully saturated rings. The van der Waals surface area contributed by atoms with Crippen molar-refractivity contribution in [3.63, 3.8) is 0 Å². The summed E-state index contributed by atoms with van der Waals surface area (Å²) in [5, 5.41) is 0. The van der Waals surface area contributed by atoms with Gasteiger partial charge in [-0.3, -0.25) is 20.4 Å². The van der Waals surface area contributed by atoms with Gasteiger partial charge in [-0.15, -0.1) is 0 Å². The second-order valence-corrected chi connectivity index (χ2v) is 7.31. The lowest BCUT2D eigenvalue weighted by Crippen LogP contribution is -2.43. The van der Waals surface area contributed by atoms with E-state index in [1.165, 1.54) is 0 Å². The Morgan fingerprint density at radius 2 is 1.73 bits per heavy atom. The molecule has 0 atom stereocenters. The molecule has 0 aliphatic carbocycles. The van der Waals surface area contributed by atoms with Gasteiger partial charge in [0.05, 0.1) is 0 Å². The Morgan fingerprint density at radius 3 is 2.35 bits per heavy atom. The van der Waals surface area contributed by atoms with Crippen molar-refractivity contribution >= 4 is 27.7 Å². The Kier molecular flexibility index (Phi) is 6.80. The van der Waals surface area contributed by atoms with E-state index in [0.29, 0.717) is 11.3 Å². The van der Waals surface area contributed by atoms with Crippen molar-refractivity contribution in [1.29, 1.82) is 0 Å². The van der Waals surface area contributed by atoms with Crippen LogP contribution in [-0.2, 0) is 4.79 Å². The standard InChI is InChI=1S/C20H23BrN2O3/c1-12(2)16-10-17(21)14(4)9-18(16)26-11-19(24)22-23-20(25)15-7-5-13(3)6-8-15/h5-10,12H,11H2,1-4H3,(H,22,24)(H,23,25). The first-order valence-electron chi connectivity index (χ1n) is 8.36. The van der Waals surface area contributed by atoms with Crippen molar-refractivity contribution in [2.45, 2.75) is 33.6 Å². The number of nitrogens with one attached hydrogen (secondary N) is 2. The number of ether oxygens (including phenoxy) is 1.